The van der Waals surface area contributed by atoms with Gasteiger partial charge in [-0.15, -0.1) is 0 Å². The van der Waals surface area contributed by atoms with Crippen LogP contribution in [0.2, 0.25) is 5.02 Å². The highest BCUT2D eigenvalue weighted by atomic mass is 79.9. The van der Waals surface area contributed by atoms with E-state index < -0.39 is 23.8 Å². The van der Waals surface area contributed by atoms with Crippen LogP contribution in [-0.2, 0) is 6.18 Å². The number of hydrogen-bond donors (Lipinski definition) is 1. The second-order valence-corrected chi connectivity index (χ2v) is 8.33. The van der Waals surface area contributed by atoms with Crippen LogP contribution in [-0.4, -0.2) is 20.5 Å². The van der Waals surface area contributed by atoms with Gasteiger partial charge in [0.05, 0.1) is 11.7 Å². The highest BCUT2D eigenvalue weighted by molar-refractivity contribution is 9.10. The molecule has 1 amide bonds. The fourth-order valence-corrected chi connectivity index (χ4v) is 3.71. The number of rotatable bonds is 4. The van der Waals surface area contributed by atoms with Gasteiger partial charge in [-0.25, -0.2) is 9.50 Å². The number of carbonyl (C=O) groups excluding carboxylic acids is 1. The highest BCUT2D eigenvalue weighted by Crippen LogP contribution is 2.35. The van der Waals surface area contributed by atoms with Gasteiger partial charge in [0.15, 0.2) is 17.0 Å². The van der Waals surface area contributed by atoms with Crippen molar-refractivity contribution in [1.29, 1.82) is 0 Å². The van der Waals surface area contributed by atoms with Crippen LogP contribution < -0.4 is 5.32 Å². The Balaban J connectivity index is 1.79. The van der Waals surface area contributed by atoms with Crippen molar-refractivity contribution < 1.29 is 18.0 Å². The van der Waals surface area contributed by atoms with Gasteiger partial charge in [0.25, 0.3) is 5.91 Å². The Morgan fingerprint density at radius 1 is 1.12 bits per heavy atom. The van der Waals surface area contributed by atoms with E-state index in [2.05, 4.69) is 31.3 Å². The number of carbonyl (C=O) groups is 1. The topological polar surface area (TPSA) is 59.3 Å². The van der Waals surface area contributed by atoms with E-state index in [0.29, 0.717) is 10.1 Å². The van der Waals surface area contributed by atoms with E-state index in [1.807, 2.05) is 30.3 Å². The molecule has 164 valence electrons. The molecular weight excluding hydrogens is 509 g/mol. The summed E-state index contributed by atoms with van der Waals surface area (Å²) in [5, 5.41) is 6.31. The van der Waals surface area contributed by atoms with Crippen molar-refractivity contribution in [1.82, 2.24) is 19.9 Å². The van der Waals surface area contributed by atoms with Crippen molar-refractivity contribution in [2.24, 2.45) is 0 Å². The van der Waals surface area contributed by atoms with Gasteiger partial charge < -0.3 is 5.32 Å². The summed E-state index contributed by atoms with van der Waals surface area (Å²) in [5.41, 5.74) is -0.326. The minimum absolute atomic E-state index is 0.0590. The summed E-state index contributed by atoms with van der Waals surface area (Å²) in [6, 6.07) is 16.2. The molecule has 1 N–H and O–H groups in total. The summed E-state index contributed by atoms with van der Waals surface area (Å²) in [4.78, 5) is 17.0. The first-order chi connectivity index (χ1) is 15.1. The number of alkyl halides is 3. The molecule has 0 aliphatic heterocycles. The first kappa shape index (κ1) is 22.3. The van der Waals surface area contributed by atoms with Crippen molar-refractivity contribution in [2.45, 2.75) is 19.1 Å². The van der Waals surface area contributed by atoms with E-state index in [9.17, 15) is 18.0 Å². The number of amides is 1. The molecule has 2 aromatic heterocycles. The van der Waals surface area contributed by atoms with Gasteiger partial charge >= 0.3 is 6.18 Å². The van der Waals surface area contributed by atoms with E-state index in [4.69, 9.17) is 11.6 Å². The Morgan fingerprint density at radius 2 is 1.78 bits per heavy atom. The maximum absolute atomic E-state index is 13.8. The number of benzene rings is 2. The molecule has 2 heterocycles. The average Bonchev–Trinajstić information content (AvgIpc) is 3.10. The SMILES string of the molecule is CC(NC(=O)c1nn2c(C(F)(F)F)cc(-c3ccc(Br)cc3)nc2c1Cl)c1ccccc1. The number of halogens is 5. The van der Waals surface area contributed by atoms with E-state index in [0.717, 1.165) is 16.1 Å². The Hall–Kier alpha value is -2.91. The van der Waals surface area contributed by atoms with Crippen LogP contribution in [0.15, 0.2) is 65.1 Å². The standard InChI is InChI=1S/C22H15BrClF3N4O/c1-12(13-5-3-2-4-6-13)28-21(32)19-18(24)20-29-16(14-7-9-15(23)10-8-14)11-17(22(25,26)27)31(20)30-19/h2-12H,1H3,(H,28,32). The lowest BCUT2D eigenvalue weighted by Crippen LogP contribution is -2.27. The minimum Gasteiger partial charge on any atom is -0.344 e. The van der Waals surface area contributed by atoms with Gasteiger partial charge in [0.2, 0.25) is 0 Å². The van der Waals surface area contributed by atoms with E-state index in [-0.39, 0.29) is 22.1 Å². The molecule has 0 radical (unpaired) electrons. The van der Waals surface area contributed by atoms with Gasteiger partial charge in [0.1, 0.15) is 5.02 Å². The molecule has 10 heteroatoms. The highest BCUT2D eigenvalue weighted by Gasteiger charge is 2.36. The summed E-state index contributed by atoms with van der Waals surface area (Å²) in [6.45, 7) is 1.75. The van der Waals surface area contributed by atoms with Gasteiger partial charge in [-0.3, -0.25) is 4.79 Å². The Bertz CT molecular complexity index is 1290. The summed E-state index contributed by atoms with van der Waals surface area (Å²) in [7, 11) is 0. The minimum atomic E-state index is -4.74. The third-order valence-corrected chi connectivity index (χ3v) is 5.70. The van der Waals surface area contributed by atoms with Crippen molar-refractivity contribution in [3.8, 4) is 11.3 Å². The molecule has 0 spiro atoms. The zero-order valence-electron chi connectivity index (χ0n) is 16.5. The van der Waals surface area contributed by atoms with Crippen LogP contribution in [0.3, 0.4) is 0 Å². The number of fused-ring (bicyclic) bond motifs is 1. The molecule has 0 aliphatic carbocycles. The number of aromatic nitrogens is 3. The lowest BCUT2D eigenvalue weighted by Gasteiger charge is -2.13. The van der Waals surface area contributed by atoms with Gasteiger partial charge in [-0.2, -0.15) is 18.3 Å². The third-order valence-electron chi connectivity index (χ3n) is 4.83. The quantitative estimate of drug-likeness (QED) is 0.340. The fraction of sp³-hybridized carbons (Fsp3) is 0.136. The summed E-state index contributed by atoms with van der Waals surface area (Å²) in [5.74, 6) is -0.699. The smallest absolute Gasteiger partial charge is 0.344 e. The zero-order chi connectivity index (χ0) is 23.0. The van der Waals surface area contributed by atoms with Crippen LogP contribution >= 0.6 is 27.5 Å². The molecule has 2 aromatic carbocycles. The van der Waals surface area contributed by atoms with E-state index >= 15 is 0 Å². The molecule has 0 fully saturated rings. The normalized spacial score (nSPS) is 12.7. The van der Waals surface area contributed by atoms with Crippen LogP contribution in [0.5, 0.6) is 0 Å². The van der Waals surface area contributed by atoms with Crippen LogP contribution in [0.4, 0.5) is 13.2 Å². The molecule has 4 rings (SSSR count). The van der Waals surface area contributed by atoms with Crippen molar-refractivity contribution >= 4 is 39.1 Å². The molecule has 5 nitrogen and oxygen atoms in total. The molecule has 1 atom stereocenters. The van der Waals surface area contributed by atoms with Crippen molar-refractivity contribution in [3.63, 3.8) is 0 Å². The first-order valence-electron chi connectivity index (χ1n) is 9.43. The fourth-order valence-electron chi connectivity index (χ4n) is 3.20. The van der Waals surface area contributed by atoms with Crippen LogP contribution in [0.1, 0.15) is 34.7 Å². The van der Waals surface area contributed by atoms with Crippen LogP contribution in [0.25, 0.3) is 16.9 Å². The van der Waals surface area contributed by atoms with Gasteiger partial charge in [-0.1, -0.05) is 70.0 Å². The molecule has 0 bridgehead atoms. The number of hydrogen-bond acceptors (Lipinski definition) is 3. The first-order valence-corrected chi connectivity index (χ1v) is 10.6. The van der Waals surface area contributed by atoms with Crippen molar-refractivity contribution in [3.05, 3.63) is 87.1 Å². The largest absolute Gasteiger partial charge is 0.433 e. The second-order valence-electron chi connectivity index (χ2n) is 7.04. The molecule has 0 saturated carbocycles. The molecule has 4 aromatic rings. The maximum Gasteiger partial charge on any atom is 0.433 e. The second kappa shape index (κ2) is 8.55. The number of nitrogens with zero attached hydrogens (tertiary/aromatic N) is 3. The summed E-state index contributed by atoms with van der Waals surface area (Å²) in [6.07, 6.45) is -4.74. The Labute approximate surface area is 194 Å². The predicted molar refractivity (Wildman–Crippen MR) is 118 cm³/mol. The molecular formula is C22H15BrClF3N4O. The molecule has 1 unspecified atom stereocenters. The predicted octanol–water partition coefficient (Wildman–Crippen LogP) is 6.32. The molecule has 32 heavy (non-hydrogen) atoms. The maximum atomic E-state index is 13.8. The van der Waals surface area contributed by atoms with Crippen LogP contribution in [0, 0.1) is 0 Å². The summed E-state index contributed by atoms with van der Waals surface area (Å²) >= 11 is 9.60. The number of nitrogens with one attached hydrogen (secondary N) is 1. The Morgan fingerprint density at radius 3 is 2.41 bits per heavy atom. The monoisotopic (exact) mass is 522 g/mol. The lowest BCUT2D eigenvalue weighted by molar-refractivity contribution is -0.142. The average molecular weight is 524 g/mol. The Kier molecular flexibility index (Phi) is 5.96. The van der Waals surface area contributed by atoms with E-state index in [1.54, 1.807) is 31.2 Å². The van der Waals surface area contributed by atoms with Crippen molar-refractivity contribution in [2.75, 3.05) is 0 Å². The van der Waals surface area contributed by atoms with E-state index in [1.165, 1.54) is 0 Å². The zero-order valence-corrected chi connectivity index (χ0v) is 18.8. The molecule has 0 saturated heterocycles. The van der Waals surface area contributed by atoms with Gasteiger partial charge in [-0.05, 0) is 30.7 Å². The molecule has 0 aliphatic rings. The third kappa shape index (κ3) is 4.35. The van der Waals surface area contributed by atoms with Gasteiger partial charge in [0, 0.05) is 10.0 Å². The lowest BCUT2D eigenvalue weighted by atomic mass is 10.1. The summed E-state index contributed by atoms with van der Waals surface area (Å²) < 4.78 is 42.8.